The molecule has 4 nitrogen and oxygen atoms in total. The molecule has 1 heterocycles. The maximum absolute atomic E-state index is 12.4. The van der Waals surface area contributed by atoms with Crippen molar-refractivity contribution in [3.8, 4) is 0 Å². The second-order valence-corrected chi connectivity index (χ2v) is 7.74. The summed E-state index contributed by atoms with van der Waals surface area (Å²) in [5.74, 6) is 0.0473. The standard InChI is InChI=1S/C13H11BrCl2N2O2S/c1-7-3-4-12(9(14)5-7)21(19,20)18-13-11(16)6-10(15)8(2)17-13/h3-6H,1-2H3,(H,17,18). The van der Waals surface area contributed by atoms with Crippen LogP contribution in [0.5, 0.6) is 0 Å². The van der Waals surface area contributed by atoms with Gasteiger partial charge in [-0.1, -0.05) is 29.3 Å². The Labute approximate surface area is 141 Å². The van der Waals surface area contributed by atoms with Gasteiger partial charge >= 0.3 is 0 Å². The highest BCUT2D eigenvalue weighted by Gasteiger charge is 2.20. The van der Waals surface area contributed by atoms with Gasteiger partial charge in [-0.05, 0) is 53.5 Å². The molecule has 0 radical (unpaired) electrons. The molecule has 2 rings (SSSR count). The summed E-state index contributed by atoms with van der Waals surface area (Å²) >= 11 is 15.1. The molecule has 0 saturated carbocycles. The third kappa shape index (κ3) is 3.69. The van der Waals surface area contributed by atoms with Crippen LogP contribution in [-0.4, -0.2) is 13.4 Å². The van der Waals surface area contributed by atoms with Crippen LogP contribution in [0.1, 0.15) is 11.3 Å². The highest BCUT2D eigenvalue weighted by molar-refractivity contribution is 9.10. The maximum Gasteiger partial charge on any atom is 0.264 e. The Kier molecular flexibility index (Phi) is 4.82. The molecule has 112 valence electrons. The first kappa shape index (κ1) is 16.5. The van der Waals surface area contributed by atoms with Gasteiger partial charge in [-0.15, -0.1) is 0 Å². The second kappa shape index (κ2) is 6.12. The Bertz CT molecular complexity index is 810. The third-order valence-corrected chi connectivity index (χ3v) is 5.70. The Morgan fingerprint density at radius 1 is 1.14 bits per heavy atom. The van der Waals surface area contributed by atoms with E-state index in [9.17, 15) is 8.42 Å². The van der Waals surface area contributed by atoms with Crippen molar-refractivity contribution in [2.75, 3.05) is 4.72 Å². The molecule has 0 atom stereocenters. The molecule has 0 unspecified atom stereocenters. The molecule has 0 spiro atoms. The molecule has 0 aliphatic carbocycles. The summed E-state index contributed by atoms with van der Waals surface area (Å²) in [6.07, 6.45) is 0. The van der Waals surface area contributed by atoms with Crippen LogP contribution >= 0.6 is 39.1 Å². The van der Waals surface area contributed by atoms with Gasteiger partial charge in [-0.3, -0.25) is 4.72 Å². The first-order valence-corrected chi connectivity index (χ1v) is 8.85. The number of rotatable bonds is 3. The minimum atomic E-state index is -3.80. The molecule has 8 heteroatoms. The fourth-order valence-corrected chi connectivity index (χ4v) is 4.31. The Balaban J connectivity index is 2.45. The zero-order chi connectivity index (χ0) is 15.8. The summed E-state index contributed by atoms with van der Waals surface area (Å²) < 4.78 is 27.7. The van der Waals surface area contributed by atoms with Gasteiger partial charge in [0.15, 0.2) is 5.82 Å². The topological polar surface area (TPSA) is 59.1 Å². The van der Waals surface area contributed by atoms with Crippen molar-refractivity contribution in [2.24, 2.45) is 0 Å². The predicted molar refractivity (Wildman–Crippen MR) is 88.7 cm³/mol. The average molecular weight is 410 g/mol. The molecule has 1 N–H and O–H groups in total. The minimum absolute atomic E-state index is 0.0473. The summed E-state index contributed by atoms with van der Waals surface area (Å²) in [7, 11) is -3.80. The molecule has 0 aliphatic heterocycles. The van der Waals surface area contributed by atoms with Gasteiger partial charge in [0, 0.05) is 4.47 Å². The Morgan fingerprint density at radius 3 is 2.43 bits per heavy atom. The molecule has 0 amide bonds. The van der Waals surface area contributed by atoms with Crippen LogP contribution in [0.15, 0.2) is 33.6 Å². The van der Waals surface area contributed by atoms with Gasteiger partial charge < -0.3 is 0 Å². The molecule has 0 aliphatic rings. The van der Waals surface area contributed by atoms with Gasteiger partial charge in [-0.25, -0.2) is 13.4 Å². The summed E-state index contributed by atoms with van der Waals surface area (Å²) in [4.78, 5) is 4.17. The number of aromatic nitrogens is 1. The average Bonchev–Trinajstić information content (AvgIpc) is 2.35. The molecule has 21 heavy (non-hydrogen) atoms. The smallest absolute Gasteiger partial charge is 0.262 e. The highest BCUT2D eigenvalue weighted by Crippen LogP contribution is 2.29. The van der Waals surface area contributed by atoms with E-state index in [1.54, 1.807) is 19.1 Å². The number of aryl methyl sites for hydroxylation is 2. The van der Waals surface area contributed by atoms with Crippen molar-refractivity contribution >= 4 is 55.0 Å². The summed E-state index contributed by atoms with van der Waals surface area (Å²) in [6, 6.07) is 6.39. The number of halogens is 3. The first-order chi connectivity index (χ1) is 9.70. The number of anilines is 1. The van der Waals surface area contributed by atoms with E-state index in [-0.39, 0.29) is 15.7 Å². The van der Waals surface area contributed by atoms with Crippen molar-refractivity contribution < 1.29 is 8.42 Å². The minimum Gasteiger partial charge on any atom is -0.262 e. The van der Waals surface area contributed by atoms with Crippen LogP contribution in [0.4, 0.5) is 5.82 Å². The Morgan fingerprint density at radius 2 is 1.81 bits per heavy atom. The fraction of sp³-hybridized carbons (Fsp3) is 0.154. The molecule has 0 saturated heterocycles. The maximum atomic E-state index is 12.4. The number of benzene rings is 1. The largest absolute Gasteiger partial charge is 0.264 e. The lowest BCUT2D eigenvalue weighted by Gasteiger charge is -2.11. The van der Waals surface area contributed by atoms with Crippen LogP contribution in [-0.2, 0) is 10.0 Å². The number of hydrogen-bond donors (Lipinski definition) is 1. The number of hydrogen-bond acceptors (Lipinski definition) is 3. The molecule has 0 bridgehead atoms. The van der Waals surface area contributed by atoms with Gasteiger partial charge in [-0.2, -0.15) is 0 Å². The predicted octanol–water partition coefficient (Wildman–Crippen LogP) is 4.57. The number of pyridine rings is 1. The van der Waals surface area contributed by atoms with Crippen molar-refractivity contribution in [2.45, 2.75) is 18.7 Å². The zero-order valence-corrected chi connectivity index (χ0v) is 15.0. The second-order valence-electron chi connectivity index (χ2n) is 4.43. The van der Waals surface area contributed by atoms with E-state index < -0.39 is 10.0 Å². The van der Waals surface area contributed by atoms with Crippen molar-refractivity contribution in [3.63, 3.8) is 0 Å². The number of nitrogens with zero attached hydrogens (tertiary/aromatic N) is 1. The number of sulfonamides is 1. The monoisotopic (exact) mass is 408 g/mol. The van der Waals surface area contributed by atoms with Crippen LogP contribution < -0.4 is 4.72 Å². The molecule has 1 aromatic heterocycles. The highest BCUT2D eigenvalue weighted by atomic mass is 79.9. The van der Waals surface area contributed by atoms with Gasteiger partial charge in [0.05, 0.1) is 15.7 Å². The molecular formula is C13H11BrCl2N2O2S. The summed E-state index contributed by atoms with van der Waals surface area (Å²) in [5, 5.41) is 0.511. The fourth-order valence-electron chi connectivity index (χ4n) is 1.64. The van der Waals surface area contributed by atoms with E-state index in [0.717, 1.165) is 5.56 Å². The van der Waals surface area contributed by atoms with E-state index in [2.05, 4.69) is 25.6 Å². The lowest BCUT2D eigenvalue weighted by atomic mass is 10.2. The SMILES string of the molecule is Cc1ccc(S(=O)(=O)Nc2nc(C)c(Cl)cc2Cl)c(Br)c1. The van der Waals surface area contributed by atoms with Crippen LogP contribution in [0, 0.1) is 13.8 Å². The van der Waals surface area contributed by atoms with Gasteiger partial charge in [0.1, 0.15) is 4.90 Å². The van der Waals surface area contributed by atoms with E-state index >= 15 is 0 Å². The molecular weight excluding hydrogens is 399 g/mol. The lowest BCUT2D eigenvalue weighted by Crippen LogP contribution is -2.15. The summed E-state index contributed by atoms with van der Waals surface area (Å²) in [6.45, 7) is 3.54. The van der Waals surface area contributed by atoms with E-state index in [1.165, 1.54) is 12.1 Å². The summed E-state index contributed by atoms with van der Waals surface area (Å²) in [5.41, 5.74) is 1.43. The normalized spacial score (nSPS) is 11.5. The van der Waals surface area contributed by atoms with Crippen LogP contribution in [0.25, 0.3) is 0 Å². The third-order valence-electron chi connectivity index (χ3n) is 2.71. The van der Waals surface area contributed by atoms with E-state index in [1.807, 2.05) is 6.92 Å². The van der Waals surface area contributed by atoms with Crippen LogP contribution in [0.2, 0.25) is 10.0 Å². The quantitative estimate of drug-likeness (QED) is 0.807. The van der Waals surface area contributed by atoms with E-state index in [4.69, 9.17) is 23.2 Å². The number of nitrogens with one attached hydrogen (secondary N) is 1. The molecule has 1 aromatic carbocycles. The van der Waals surface area contributed by atoms with E-state index in [0.29, 0.717) is 15.2 Å². The van der Waals surface area contributed by atoms with Crippen molar-refractivity contribution in [1.29, 1.82) is 0 Å². The molecule has 0 fully saturated rings. The Hall–Kier alpha value is -0.820. The van der Waals surface area contributed by atoms with Crippen molar-refractivity contribution in [3.05, 3.63) is 50.0 Å². The van der Waals surface area contributed by atoms with Gasteiger partial charge in [0.25, 0.3) is 10.0 Å². The zero-order valence-electron chi connectivity index (χ0n) is 11.1. The van der Waals surface area contributed by atoms with Crippen molar-refractivity contribution in [1.82, 2.24) is 4.98 Å². The first-order valence-electron chi connectivity index (χ1n) is 5.82. The van der Waals surface area contributed by atoms with Crippen LogP contribution in [0.3, 0.4) is 0 Å². The van der Waals surface area contributed by atoms with Gasteiger partial charge in [0.2, 0.25) is 0 Å². The lowest BCUT2D eigenvalue weighted by molar-refractivity contribution is 0.600. The molecule has 2 aromatic rings.